The van der Waals surface area contributed by atoms with Gasteiger partial charge in [-0.25, -0.2) is 0 Å². The summed E-state index contributed by atoms with van der Waals surface area (Å²) in [5.74, 6) is 2.78. The van der Waals surface area contributed by atoms with Gasteiger partial charge < -0.3 is 24.8 Å². The monoisotopic (exact) mass is 428 g/mol. The minimum Gasteiger partial charge on any atom is -0.496 e. The molecule has 0 saturated heterocycles. The number of rotatable bonds is 11. The Morgan fingerprint density at radius 3 is 2.23 bits per heavy atom. The van der Waals surface area contributed by atoms with Gasteiger partial charge in [-0.3, -0.25) is 9.89 Å². The highest BCUT2D eigenvalue weighted by Gasteiger charge is 2.13. The zero-order valence-electron chi connectivity index (χ0n) is 19.6. The molecule has 1 atom stereocenters. The summed E-state index contributed by atoms with van der Waals surface area (Å²) in [6, 6.07) is 14.7. The Hall–Kier alpha value is -2.93. The zero-order valence-corrected chi connectivity index (χ0v) is 19.6. The number of guanidine groups is 1. The Kier molecular flexibility index (Phi) is 9.97. The molecule has 2 rings (SSSR count). The number of methoxy groups -OCH3 is 3. The molecular weight excluding hydrogens is 392 g/mol. The molecule has 7 nitrogen and oxygen atoms in total. The van der Waals surface area contributed by atoms with Gasteiger partial charge in [0.1, 0.15) is 5.75 Å². The molecule has 0 amide bonds. The van der Waals surface area contributed by atoms with Crippen molar-refractivity contribution < 1.29 is 14.2 Å². The summed E-state index contributed by atoms with van der Waals surface area (Å²) in [4.78, 5) is 6.69. The number of ether oxygens (including phenoxy) is 3. The van der Waals surface area contributed by atoms with E-state index in [1.807, 2.05) is 18.2 Å². The van der Waals surface area contributed by atoms with Gasteiger partial charge in [0.05, 0.1) is 21.3 Å². The molecule has 0 aromatic heterocycles. The fourth-order valence-corrected chi connectivity index (χ4v) is 3.28. The number of aliphatic imine (C=N–C) groups is 1. The molecule has 2 aromatic rings. The quantitative estimate of drug-likeness (QED) is 0.423. The predicted octanol–water partition coefficient (Wildman–Crippen LogP) is 3.29. The number of nitrogens with one attached hydrogen (secondary N) is 2. The lowest BCUT2D eigenvalue weighted by Gasteiger charge is -2.25. The van der Waals surface area contributed by atoms with Crippen molar-refractivity contribution in [1.82, 2.24) is 15.5 Å². The second-order valence-electron chi connectivity index (χ2n) is 7.41. The van der Waals surface area contributed by atoms with E-state index in [0.717, 1.165) is 36.8 Å². The Labute approximate surface area is 186 Å². The van der Waals surface area contributed by atoms with Gasteiger partial charge in [-0.1, -0.05) is 30.3 Å². The van der Waals surface area contributed by atoms with Gasteiger partial charge in [-0.15, -0.1) is 0 Å². The topological polar surface area (TPSA) is 67.4 Å². The van der Waals surface area contributed by atoms with Gasteiger partial charge in [0, 0.05) is 44.4 Å². The number of hydrogen-bond acceptors (Lipinski definition) is 5. The summed E-state index contributed by atoms with van der Waals surface area (Å²) in [5, 5.41) is 6.73. The molecule has 0 aliphatic carbocycles. The standard InChI is InChI=1S/C24H36N4O3/c1-18(28(3)17-19-10-8-7-9-11-19)12-13-26-24(25-2)27-16-20-14-22(30-5)23(31-6)15-21(20)29-4/h7-11,14-15,18H,12-13,16-17H2,1-6H3,(H2,25,26,27). The SMILES string of the molecule is CN=C(NCCC(C)N(C)Cc1ccccc1)NCc1cc(OC)c(OC)cc1OC. The zero-order chi connectivity index (χ0) is 22.6. The Morgan fingerprint density at radius 1 is 0.968 bits per heavy atom. The number of nitrogens with zero attached hydrogens (tertiary/aromatic N) is 2. The van der Waals surface area contributed by atoms with E-state index in [1.54, 1.807) is 28.4 Å². The molecule has 7 heteroatoms. The first-order chi connectivity index (χ1) is 15.0. The normalized spacial score (nSPS) is 12.4. The Morgan fingerprint density at radius 2 is 1.61 bits per heavy atom. The predicted molar refractivity (Wildman–Crippen MR) is 126 cm³/mol. The average molecular weight is 429 g/mol. The van der Waals surface area contributed by atoms with Crippen LogP contribution in [-0.4, -0.2) is 58.9 Å². The van der Waals surface area contributed by atoms with Gasteiger partial charge in [0.2, 0.25) is 0 Å². The van der Waals surface area contributed by atoms with Crippen molar-refractivity contribution in [3.8, 4) is 17.2 Å². The van der Waals surface area contributed by atoms with E-state index in [2.05, 4.69) is 58.8 Å². The first-order valence-electron chi connectivity index (χ1n) is 10.5. The lowest BCUT2D eigenvalue weighted by Crippen LogP contribution is -2.39. The Bertz CT molecular complexity index is 827. The van der Waals surface area contributed by atoms with Crippen molar-refractivity contribution in [3.63, 3.8) is 0 Å². The van der Waals surface area contributed by atoms with Crippen molar-refractivity contribution in [2.75, 3.05) is 42.0 Å². The van der Waals surface area contributed by atoms with Gasteiger partial charge in [-0.2, -0.15) is 0 Å². The van der Waals surface area contributed by atoms with Crippen molar-refractivity contribution in [1.29, 1.82) is 0 Å². The molecule has 0 aliphatic heterocycles. The van der Waals surface area contributed by atoms with Gasteiger partial charge in [-0.05, 0) is 32.0 Å². The largest absolute Gasteiger partial charge is 0.496 e. The second kappa shape index (κ2) is 12.7. The first-order valence-corrected chi connectivity index (χ1v) is 10.5. The van der Waals surface area contributed by atoms with E-state index in [9.17, 15) is 0 Å². The van der Waals surface area contributed by atoms with Crippen LogP contribution in [0.25, 0.3) is 0 Å². The van der Waals surface area contributed by atoms with E-state index in [0.29, 0.717) is 24.1 Å². The maximum Gasteiger partial charge on any atom is 0.191 e. The maximum atomic E-state index is 5.50. The van der Waals surface area contributed by atoms with Crippen LogP contribution >= 0.6 is 0 Å². The van der Waals surface area contributed by atoms with E-state index in [1.165, 1.54) is 5.56 Å². The summed E-state index contributed by atoms with van der Waals surface area (Å²) in [5.41, 5.74) is 2.28. The molecule has 31 heavy (non-hydrogen) atoms. The molecule has 2 N–H and O–H groups in total. The van der Waals surface area contributed by atoms with Crippen LogP contribution in [0.5, 0.6) is 17.2 Å². The van der Waals surface area contributed by atoms with Gasteiger partial charge >= 0.3 is 0 Å². The molecule has 0 aliphatic rings. The summed E-state index contributed by atoms with van der Waals surface area (Å²) in [6.45, 7) is 4.55. The second-order valence-corrected chi connectivity index (χ2v) is 7.41. The van der Waals surface area contributed by atoms with Crippen LogP contribution in [0.3, 0.4) is 0 Å². The average Bonchev–Trinajstić information content (AvgIpc) is 2.80. The van der Waals surface area contributed by atoms with Crippen molar-refractivity contribution in [2.45, 2.75) is 32.5 Å². The molecular formula is C24H36N4O3. The Balaban J connectivity index is 1.85. The molecule has 170 valence electrons. The lowest BCUT2D eigenvalue weighted by atomic mass is 10.1. The van der Waals surface area contributed by atoms with Crippen LogP contribution < -0.4 is 24.8 Å². The fourth-order valence-electron chi connectivity index (χ4n) is 3.28. The van der Waals surface area contributed by atoms with E-state index in [4.69, 9.17) is 14.2 Å². The summed E-state index contributed by atoms with van der Waals surface area (Å²) >= 11 is 0. The van der Waals surface area contributed by atoms with E-state index >= 15 is 0 Å². The van der Waals surface area contributed by atoms with Crippen LogP contribution in [0, 0.1) is 0 Å². The number of hydrogen-bond donors (Lipinski definition) is 2. The molecule has 0 spiro atoms. The van der Waals surface area contributed by atoms with Crippen LogP contribution in [0.2, 0.25) is 0 Å². The van der Waals surface area contributed by atoms with E-state index in [-0.39, 0.29) is 0 Å². The molecule has 1 unspecified atom stereocenters. The van der Waals surface area contributed by atoms with Crippen LogP contribution in [-0.2, 0) is 13.1 Å². The van der Waals surface area contributed by atoms with Crippen molar-refractivity contribution >= 4 is 5.96 Å². The maximum absolute atomic E-state index is 5.50. The third kappa shape index (κ3) is 7.36. The van der Waals surface area contributed by atoms with Crippen LogP contribution in [0.15, 0.2) is 47.5 Å². The summed E-state index contributed by atoms with van der Waals surface area (Å²) in [6.07, 6.45) is 1.00. The van der Waals surface area contributed by atoms with E-state index < -0.39 is 0 Å². The van der Waals surface area contributed by atoms with Crippen LogP contribution in [0.4, 0.5) is 0 Å². The minimum absolute atomic E-state index is 0.441. The van der Waals surface area contributed by atoms with Crippen molar-refractivity contribution in [3.05, 3.63) is 53.6 Å². The fraction of sp³-hybridized carbons (Fsp3) is 0.458. The highest BCUT2D eigenvalue weighted by atomic mass is 16.5. The van der Waals surface area contributed by atoms with Crippen LogP contribution in [0.1, 0.15) is 24.5 Å². The smallest absolute Gasteiger partial charge is 0.191 e. The highest BCUT2D eigenvalue weighted by Crippen LogP contribution is 2.34. The van der Waals surface area contributed by atoms with Gasteiger partial charge in [0.25, 0.3) is 0 Å². The minimum atomic E-state index is 0.441. The van der Waals surface area contributed by atoms with Crippen molar-refractivity contribution in [2.24, 2.45) is 4.99 Å². The molecule has 2 aromatic carbocycles. The molecule has 0 radical (unpaired) electrons. The lowest BCUT2D eigenvalue weighted by molar-refractivity contribution is 0.238. The highest BCUT2D eigenvalue weighted by molar-refractivity contribution is 5.79. The first kappa shape index (κ1) is 24.3. The summed E-state index contributed by atoms with van der Waals surface area (Å²) in [7, 11) is 8.81. The summed E-state index contributed by atoms with van der Waals surface area (Å²) < 4.78 is 16.3. The number of benzene rings is 2. The third-order valence-electron chi connectivity index (χ3n) is 5.34. The molecule has 0 fully saturated rings. The third-order valence-corrected chi connectivity index (χ3v) is 5.34. The van der Waals surface area contributed by atoms with Gasteiger partial charge in [0.15, 0.2) is 17.5 Å². The molecule has 0 heterocycles. The molecule has 0 saturated carbocycles. The molecule has 0 bridgehead atoms.